The van der Waals surface area contributed by atoms with E-state index in [1.54, 1.807) is 0 Å². The Balaban J connectivity index is 1.67. The summed E-state index contributed by atoms with van der Waals surface area (Å²) in [6.07, 6.45) is 5.08. The first-order chi connectivity index (χ1) is 12.9. The molecule has 0 radical (unpaired) electrons. The van der Waals surface area contributed by atoms with Gasteiger partial charge in [0, 0.05) is 25.1 Å². The van der Waals surface area contributed by atoms with Gasteiger partial charge >= 0.3 is 0 Å². The quantitative estimate of drug-likeness (QED) is 0.314. The van der Waals surface area contributed by atoms with Crippen molar-refractivity contribution in [2.75, 3.05) is 6.54 Å². The van der Waals surface area contributed by atoms with Crippen LogP contribution in [-0.2, 0) is 14.4 Å². The second kappa shape index (κ2) is 9.80. The second-order valence-corrected chi connectivity index (χ2v) is 6.98. The average Bonchev–Trinajstić information content (AvgIpc) is 2.97. The molecule has 1 heterocycles. The van der Waals surface area contributed by atoms with Crippen LogP contribution in [0.5, 0.6) is 0 Å². The Kier molecular flexibility index (Phi) is 7.46. The van der Waals surface area contributed by atoms with Gasteiger partial charge in [-0.25, -0.2) is 5.43 Å². The molecular formula is C21H27N3O3. The molecule has 0 fully saturated rings. The summed E-state index contributed by atoms with van der Waals surface area (Å²) in [7, 11) is 0. The van der Waals surface area contributed by atoms with Gasteiger partial charge in [-0.15, -0.1) is 0 Å². The SMILES string of the molecule is C/C(=N\NC(=O)CCCCCN1C(=O)C=CC1=O)c1ccc(C(C)C)cc1. The summed E-state index contributed by atoms with van der Waals surface area (Å²) in [5.74, 6) is -0.176. The molecule has 0 atom stereocenters. The van der Waals surface area contributed by atoms with E-state index in [9.17, 15) is 14.4 Å². The van der Waals surface area contributed by atoms with Crippen molar-refractivity contribution >= 4 is 23.4 Å². The van der Waals surface area contributed by atoms with Gasteiger partial charge in [0.25, 0.3) is 11.8 Å². The summed E-state index contributed by atoms with van der Waals surface area (Å²) >= 11 is 0. The van der Waals surface area contributed by atoms with Crippen molar-refractivity contribution in [1.29, 1.82) is 0 Å². The summed E-state index contributed by atoms with van der Waals surface area (Å²) < 4.78 is 0. The Bertz CT molecular complexity index is 730. The van der Waals surface area contributed by atoms with Crippen LogP contribution in [0.1, 0.15) is 63.5 Å². The maximum Gasteiger partial charge on any atom is 0.253 e. The van der Waals surface area contributed by atoms with Gasteiger partial charge in [-0.05, 0) is 36.8 Å². The maximum atomic E-state index is 11.9. The molecule has 6 heteroatoms. The fourth-order valence-corrected chi connectivity index (χ4v) is 2.76. The number of nitrogens with one attached hydrogen (secondary N) is 1. The minimum Gasteiger partial charge on any atom is -0.275 e. The normalized spacial score (nSPS) is 14.4. The first kappa shape index (κ1) is 20.6. The molecule has 0 bridgehead atoms. The van der Waals surface area contributed by atoms with Gasteiger partial charge in [0.1, 0.15) is 0 Å². The molecule has 1 aromatic carbocycles. The van der Waals surface area contributed by atoms with Crippen LogP contribution >= 0.6 is 0 Å². The summed E-state index contributed by atoms with van der Waals surface area (Å²) in [5.41, 5.74) is 5.59. The van der Waals surface area contributed by atoms with E-state index < -0.39 is 0 Å². The van der Waals surface area contributed by atoms with Crippen LogP contribution in [0.15, 0.2) is 41.5 Å². The van der Waals surface area contributed by atoms with Crippen molar-refractivity contribution in [3.8, 4) is 0 Å². The largest absolute Gasteiger partial charge is 0.275 e. The highest BCUT2D eigenvalue weighted by Crippen LogP contribution is 2.15. The molecular weight excluding hydrogens is 342 g/mol. The van der Waals surface area contributed by atoms with Crippen LogP contribution in [-0.4, -0.2) is 34.9 Å². The van der Waals surface area contributed by atoms with Gasteiger partial charge < -0.3 is 0 Å². The van der Waals surface area contributed by atoms with Crippen molar-refractivity contribution in [3.05, 3.63) is 47.5 Å². The molecule has 27 heavy (non-hydrogen) atoms. The highest BCUT2D eigenvalue weighted by atomic mass is 16.2. The minimum atomic E-state index is -0.260. The van der Waals surface area contributed by atoms with Crippen LogP contribution in [0.4, 0.5) is 0 Å². The van der Waals surface area contributed by atoms with Gasteiger partial charge in [-0.3, -0.25) is 19.3 Å². The Labute approximate surface area is 160 Å². The van der Waals surface area contributed by atoms with Crippen molar-refractivity contribution in [1.82, 2.24) is 10.3 Å². The second-order valence-electron chi connectivity index (χ2n) is 6.98. The molecule has 1 N–H and O–H groups in total. The van der Waals surface area contributed by atoms with Gasteiger partial charge in [-0.1, -0.05) is 44.5 Å². The topological polar surface area (TPSA) is 78.8 Å². The number of hydrogen-bond acceptors (Lipinski definition) is 4. The van der Waals surface area contributed by atoms with Gasteiger partial charge in [0.2, 0.25) is 5.91 Å². The Morgan fingerprint density at radius 1 is 1.04 bits per heavy atom. The van der Waals surface area contributed by atoms with Gasteiger partial charge in [-0.2, -0.15) is 5.10 Å². The third-order valence-corrected chi connectivity index (χ3v) is 4.53. The van der Waals surface area contributed by atoms with Crippen molar-refractivity contribution in [2.45, 2.75) is 52.4 Å². The smallest absolute Gasteiger partial charge is 0.253 e. The molecule has 144 valence electrons. The van der Waals surface area contributed by atoms with E-state index >= 15 is 0 Å². The minimum absolute atomic E-state index is 0.136. The van der Waals surface area contributed by atoms with Crippen LogP contribution < -0.4 is 5.43 Å². The van der Waals surface area contributed by atoms with Crippen molar-refractivity contribution in [3.63, 3.8) is 0 Å². The maximum absolute atomic E-state index is 11.9. The highest BCUT2D eigenvalue weighted by Gasteiger charge is 2.22. The van der Waals surface area contributed by atoms with Gasteiger partial charge in [0.05, 0.1) is 5.71 Å². The standard InChI is InChI=1S/C21H27N3O3/c1-15(2)17-8-10-18(11-9-17)16(3)22-23-19(25)7-5-4-6-14-24-20(26)12-13-21(24)27/h8-13,15H,4-7,14H2,1-3H3,(H,23,25)/b22-16+. The lowest BCUT2D eigenvalue weighted by atomic mass is 10.0. The predicted octanol–water partition coefficient (Wildman–Crippen LogP) is 3.14. The zero-order valence-corrected chi connectivity index (χ0v) is 16.2. The predicted molar refractivity (Wildman–Crippen MR) is 105 cm³/mol. The van der Waals surface area contributed by atoms with E-state index in [2.05, 4.69) is 36.5 Å². The van der Waals surface area contributed by atoms with E-state index in [1.807, 2.05) is 19.1 Å². The number of carbonyl (C=O) groups is 3. The lowest BCUT2D eigenvalue weighted by Gasteiger charge is -2.12. The monoisotopic (exact) mass is 369 g/mol. The Morgan fingerprint density at radius 3 is 2.26 bits per heavy atom. The lowest BCUT2D eigenvalue weighted by molar-refractivity contribution is -0.136. The molecule has 0 unspecified atom stereocenters. The number of imide groups is 1. The zero-order valence-electron chi connectivity index (χ0n) is 16.2. The van der Waals surface area contributed by atoms with E-state index in [0.29, 0.717) is 31.7 Å². The average molecular weight is 369 g/mol. The lowest BCUT2D eigenvalue weighted by Crippen LogP contribution is -2.30. The van der Waals surface area contributed by atoms with E-state index in [1.165, 1.54) is 22.6 Å². The van der Waals surface area contributed by atoms with E-state index in [0.717, 1.165) is 17.7 Å². The first-order valence-corrected chi connectivity index (χ1v) is 9.35. The van der Waals surface area contributed by atoms with E-state index in [-0.39, 0.29) is 17.7 Å². The Morgan fingerprint density at radius 2 is 1.67 bits per heavy atom. The molecule has 0 spiro atoms. The summed E-state index contributed by atoms with van der Waals surface area (Å²) in [6, 6.07) is 8.17. The third-order valence-electron chi connectivity index (χ3n) is 4.53. The number of unbranched alkanes of at least 4 members (excludes halogenated alkanes) is 2. The zero-order chi connectivity index (χ0) is 19.8. The number of hydrogen-bond donors (Lipinski definition) is 1. The highest BCUT2D eigenvalue weighted by molar-refractivity contribution is 6.12. The number of rotatable bonds is 9. The van der Waals surface area contributed by atoms with Crippen LogP contribution in [0.25, 0.3) is 0 Å². The molecule has 0 aliphatic carbocycles. The molecule has 0 saturated carbocycles. The molecule has 6 nitrogen and oxygen atoms in total. The van der Waals surface area contributed by atoms with Crippen molar-refractivity contribution in [2.24, 2.45) is 5.10 Å². The first-order valence-electron chi connectivity index (χ1n) is 9.35. The Hall–Kier alpha value is -2.76. The number of amides is 3. The van der Waals surface area contributed by atoms with Gasteiger partial charge in [0.15, 0.2) is 0 Å². The van der Waals surface area contributed by atoms with Crippen LogP contribution in [0, 0.1) is 0 Å². The number of nitrogens with zero attached hydrogens (tertiary/aromatic N) is 2. The fraction of sp³-hybridized carbons (Fsp3) is 0.429. The molecule has 0 aromatic heterocycles. The third kappa shape index (κ3) is 6.16. The van der Waals surface area contributed by atoms with E-state index in [4.69, 9.17) is 0 Å². The number of carbonyl (C=O) groups excluding carboxylic acids is 3. The van der Waals surface area contributed by atoms with Crippen LogP contribution in [0.2, 0.25) is 0 Å². The molecule has 1 aromatic rings. The molecule has 2 rings (SSSR count). The van der Waals surface area contributed by atoms with Crippen molar-refractivity contribution < 1.29 is 14.4 Å². The molecule has 1 aliphatic rings. The summed E-state index contributed by atoms with van der Waals surface area (Å²) in [5, 5.41) is 4.16. The molecule has 3 amide bonds. The number of hydrazone groups is 1. The molecule has 1 aliphatic heterocycles. The number of benzene rings is 1. The molecule has 0 saturated heterocycles. The fourth-order valence-electron chi connectivity index (χ4n) is 2.76. The summed E-state index contributed by atoms with van der Waals surface area (Å²) in [4.78, 5) is 35.9. The summed E-state index contributed by atoms with van der Waals surface area (Å²) in [6.45, 7) is 6.56. The van der Waals surface area contributed by atoms with Crippen LogP contribution in [0.3, 0.4) is 0 Å².